The molecule has 2 aromatic carbocycles. The Labute approximate surface area is 133 Å². The summed E-state index contributed by atoms with van der Waals surface area (Å²) < 4.78 is 28.1. The third-order valence-electron chi connectivity index (χ3n) is 3.11. The van der Waals surface area contributed by atoms with Crippen molar-refractivity contribution in [3.63, 3.8) is 0 Å². The summed E-state index contributed by atoms with van der Waals surface area (Å²) in [4.78, 5) is 0.161. The van der Waals surface area contributed by atoms with Crippen molar-refractivity contribution in [1.29, 1.82) is 0 Å². The predicted octanol–water partition coefficient (Wildman–Crippen LogP) is 3.61. The molecule has 2 N–H and O–H groups in total. The number of nitrogens with one attached hydrogen (secondary N) is 1. The van der Waals surface area contributed by atoms with Crippen LogP contribution in [0.3, 0.4) is 0 Å². The Kier molecular flexibility index (Phi) is 4.70. The van der Waals surface area contributed by atoms with Crippen molar-refractivity contribution in [3.8, 4) is 0 Å². The molecule has 4 nitrogen and oxygen atoms in total. The summed E-state index contributed by atoms with van der Waals surface area (Å²) in [6.07, 6.45) is -0.622. The van der Waals surface area contributed by atoms with Crippen molar-refractivity contribution in [1.82, 2.24) is 0 Å². The van der Waals surface area contributed by atoms with Gasteiger partial charge in [-0.15, -0.1) is 0 Å². The predicted molar refractivity (Wildman–Crippen MR) is 86.8 cm³/mol. The highest BCUT2D eigenvalue weighted by atomic mass is 79.9. The molecule has 0 bridgehead atoms. The highest BCUT2D eigenvalue weighted by Crippen LogP contribution is 2.23. The fraction of sp³-hybridized carbons (Fsp3) is 0.200. The van der Waals surface area contributed by atoms with Crippen LogP contribution in [0.4, 0.5) is 5.69 Å². The van der Waals surface area contributed by atoms with Gasteiger partial charge in [-0.2, -0.15) is 0 Å². The van der Waals surface area contributed by atoms with Crippen LogP contribution in [0.2, 0.25) is 0 Å². The molecular weight excluding hydrogens is 354 g/mol. The van der Waals surface area contributed by atoms with Gasteiger partial charge in [-0.3, -0.25) is 4.72 Å². The maximum atomic E-state index is 12.3. The molecule has 0 heterocycles. The number of halogens is 1. The number of anilines is 1. The SMILES string of the molecule is Cc1cc(Br)ccc1NS(=O)(=O)c1ccc(C(C)O)cc1. The van der Waals surface area contributed by atoms with E-state index in [0.717, 1.165) is 10.0 Å². The maximum Gasteiger partial charge on any atom is 0.261 e. The average Bonchev–Trinajstić information content (AvgIpc) is 2.42. The Hall–Kier alpha value is -1.37. The fourth-order valence-corrected chi connectivity index (χ4v) is 3.48. The van der Waals surface area contributed by atoms with Gasteiger partial charge < -0.3 is 5.11 Å². The number of rotatable bonds is 4. The Bertz CT molecular complexity index is 740. The monoisotopic (exact) mass is 369 g/mol. The summed E-state index contributed by atoms with van der Waals surface area (Å²) in [6, 6.07) is 11.5. The van der Waals surface area contributed by atoms with E-state index in [4.69, 9.17) is 0 Å². The van der Waals surface area contributed by atoms with Gasteiger partial charge in [0.1, 0.15) is 0 Å². The van der Waals surface area contributed by atoms with E-state index < -0.39 is 16.1 Å². The molecule has 2 rings (SSSR count). The molecule has 1 atom stereocenters. The molecule has 0 aromatic heterocycles. The van der Waals surface area contributed by atoms with E-state index >= 15 is 0 Å². The van der Waals surface area contributed by atoms with E-state index in [2.05, 4.69) is 20.7 Å². The molecular formula is C15H16BrNO3S. The van der Waals surface area contributed by atoms with Crippen LogP contribution in [-0.4, -0.2) is 13.5 Å². The Morgan fingerprint density at radius 2 is 1.76 bits per heavy atom. The van der Waals surface area contributed by atoms with E-state index in [1.807, 2.05) is 13.0 Å². The summed E-state index contributed by atoms with van der Waals surface area (Å²) >= 11 is 3.34. The largest absolute Gasteiger partial charge is 0.389 e. The molecule has 0 saturated carbocycles. The van der Waals surface area contributed by atoms with Crippen molar-refractivity contribution < 1.29 is 13.5 Å². The molecule has 0 aliphatic heterocycles. The third-order valence-corrected chi connectivity index (χ3v) is 4.98. The van der Waals surface area contributed by atoms with E-state index in [9.17, 15) is 13.5 Å². The van der Waals surface area contributed by atoms with Gasteiger partial charge in [-0.1, -0.05) is 28.1 Å². The van der Waals surface area contributed by atoms with Crippen molar-refractivity contribution in [3.05, 3.63) is 58.1 Å². The van der Waals surface area contributed by atoms with Gasteiger partial charge in [0, 0.05) is 4.47 Å². The molecule has 6 heteroatoms. The summed E-state index contributed by atoms with van der Waals surface area (Å²) in [7, 11) is -3.64. The highest BCUT2D eigenvalue weighted by molar-refractivity contribution is 9.10. The molecule has 21 heavy (non-hydrogen) atoms. The Morgan fingerprint density at radius 1 is 1.14 bits per heavy atom. The lowest BCUT2D eigenvalue weighted by molar-refractivity contribution is 0.199. The van der Waals surface area contributed by atoms with Gasteiger partial charge in [0.05, 0.1) is 16.7 Å². The van der Waals surface area contributed by atoms with Crippen LogP contribution in [-0.2, 0) is 10.0 Å². The second-order valence-electron chi connectivity index (χ2n) is 4.81. The number of hydrogen-bond donors (Lipinski definition) is 2. The van der Waals surface area contributed by atoms with Gasteiger partial charge in [0.25, 0.3) is 10.0 Å². The highest BCUT2D eigenvalue weighted by Gasteiger charge is 2.15. The second kappa shape index (κ2) is 6.17. The van der Waals surface area contributed by atoms with Crippen LogP contribution in [0, 0.1) is 6.92 Å². The van der Waals surface area contributed by atoms with E-state index in [1.54, 1.807) is 31.2 Å². The zero-order valence-corrected chi connectivity index (χ0v) is 14.1. The van der Waals surface area contributed by atoms with Crippen molar-refractivity contribution in [2.45, 2.75) is 24.8 Å². The van der Waals surface area contributed by atoms with Crippen LogP contribution in [0.5, 0.6) is 0 Å². The van der Waals surface area contributed by atoms with Crippen LogP contribution < -0.4 is 4.72 Å². The molecule has 0 fully saturated rings. The number of benzene rings is 2. The average molecular weight is 370 g/mol. The molecule has 0 saturated heterocycles. The molecule has 0 spiro atoms. The van der Waals surface area contributed by atoms with E-state index in [0.29, 0.717) is 11.3 Å². The van der Waals surface area contributed by atoms with Crippen molar-refractivity contribution in [2.75, 3.05) is 4.72 Å². The number of aliphatic hydroxyl groups is 1. The number of hydrogen-bond acceptors (Lipinski definition) is 3. The van der Waals surface area contributed by atoms with Crippen molar-refractivity contribution >= 4 is 31.6 Å². The zero-order chi connectivity index (χ0) is 15.6. The van der Waals surface area contributed by atoms with E-state index in [-0.39, 0.29) is 4.90 Å². The first kappa shape index (κ1) is 16.0. The first-order valence-corrected chi connectivity index (χ1v) is 8.64. The van der Waals surface area contributed by atoms with Crippen LogP contribution in [0.15, 0.2) is 51.8 Å². The normalized spacial score (nSPS) is 13.0. The summed E-state index contributed by atoms with van der Waals surface area (Å²) in [5, 5.41) is 9.45. The fourth-order valence-electron chi connectivity index (χ4n) is 1.87. The number of sulfonamides is 1. The van der Waals surface area contributed by atoms with E-state index in [1.165, 1.54) is 12.1 Å². The maximum absolute atomic E-state index is 12.3. The van der Waals surface area contributed by atoms with Crippen LogP contribution in [0.1, 0.15) is 24.2 Å². The summed E-state index contributed by atoms with van der Waals surface area (Å²) in [5.74, 6) is 0. The minimum atomic E-state index is -3.64. The molecule has 0 amide bonds. The summed E-state index contributed by atoms with van der Waals surface area (Å²) in [5.41, 5.74) is 2.04. The molecule has 0 aliphatic rings. The molecule has 0 aliphatic carbocycles. The lowest BCUT2D eigenvalue weighted by Crippen LogP contribution is -2.13. The zero-order valence-electron chi connectivity index (χ0n) is 11.7. The molecule has 2 aromatic rings. The standard InChI is InChI=1S/C15H16BrNO3S/c1-10-9-13(16)5-8-15(10)17-21(19,20)14-6-3-12(4-7-14)11(2)18/h3-9,11,17-18H,1-2H3. The van der Waals surface area contributed by atoms with Crippen LogP contribution >= 0.6 is 15.9 Å². The van der Waals surface area contributed by atoms with Gasteiger partial charge >= 0.3 is 0 Å². The number of aryl methyl sites for hydroxylation is 1. The van der Waals surface area contributed by atoms with Gasteiger partial charge in [0.2, 0.25) is 0 Å². The van der Waals surface area contributed by atoms with Gasteiger partial charge in [-0.25, -0.2) is 8.42 Å². The first-order valence-electron chi connectivity index (χ1n) is 6.36. The van der Waals surface area contributed by atoms with Gasteiger partial charge in [0.15, 0.2) is 0 Å². The third kappa shape index (κ3) is 3.84. The summed E-state index contributed by atoms with van der Waals surface area (Å²) in [6.45, 7) is 3.46. The topological polar surface area (TPSA) is 66.4 Å². The lowest BCUT2D eigenvalue weighted by Gasteiger charge is -2.12. The minimum Gasteiger partial charge on any atom is -0.389 e. The minimum absolute atomic E-state index is 0.161. The molecule has 1 unspecified atom stereocenters. The van der Waals surface area contributed by atoms with Gasteiger partial charge in [-0.05, 0) is 55.3 Å². The first-order chi connectivity index (χ1) is 9.79. The second-order valence-corrected chi connectivity index (χ2v) is 7.41. The van der Waals surface area contributed by atoms with Crippen LogP contribution in [0.25, 0.3) is 0 Å². The number of aliphatic hydroxyl groups excluding tert-OH is 1. The molecule has 112 valence electrons. The quantitative estimate of drug-likeness (QED) is 0.864. The Morgan fingerprint density at radius 3 is 2.29 bits per heavy atom. The Balaban J connectivity index is 2.29. The molecule has 0 radical (unpaired) electrons. The smallest absolute Gasteiger partial charge is 0.261 e. The lowest BCUT2D eigenvalue weighted by atomic mass is 10.1. The van der Waals surface area contributed by atoms with Crippen molar-refractivity contribution in [2.24, 2.45) is 0 Å².